The molecule has 5 nitrogen and oxygen atoms in total. The Balaban J connectivity index is 2.02. The summed E-state index contributed by atoms with van der Waals surface area (Å²) in [6.07, 6.45) is 4.06. The van der Waals surface area contributed by atoms with Gasteiger partial charge in [0.2, 0.25) is 5.44 Å². The average Bonchev–Trinajstić information content (AvgIpc) is 2.84. The van der Waals surface area contributed by atoms with Crippen LogP contribution in [0.15, 0.2) is 0 Å². The van der Waals surface area contributed by atoms with E-state index in [1.165, 1.54) is 6.42 Å². The van der Waals surface area contributed by atoms with Crippen LogP contribution in [0.5, 0.6) is 0 Å². The van der Waals surface area contributed by atoms with Crippen LogP contribution in [0.4, 0.5) is 0 Å². The SMILES string of the molecule is CC(C)C(OC(=O)C1CC2CCC1C2)S(=O)(=O)O. The molecular formula is C12H20O5S. The maximum Gasteiger partial charge on any atom is 0.310 e. The second kappa shape index (κ2) is 4.81. The molecule has 0 aromatic heterocycles. The topological polar surface area (TPSA) is 80.7 Å². The summed E-state index contributed by atoms with van der Waals surface area (Å²) in [5.74, 6) is -0.152. The molecule has 0 saturated heterocycles. The average molecular weight is 276 g/mol. The van der Waals surface area contributed by atoms with E-state index in [1.54, 1.807) is 13.8 Å². The van der Waals surface area contributed by atoms with Gasteiger partial charge in [0.05, 0.1) is 5.92 Å². The van der Waals surface area contributed by atoms with Crippen molar-refractivity contribution in [2.45, 2.75) is 45.0 Å². The molecule has 1 N–H and O–H groups in total. The Hall–Kier alpha value is -0.620. The van der Waals surface area contributed by atoms with Gasteiger partial charge in [-0.05, 0) is 31.1 Å². The van der Waals surface area contributed by atoms with E-state index in [0.717, 1.165) is 19.3 Å². The summed E-state index contributed by atoms with van der Waals surface area (Å²) >= 11 is 0. The lowest BCUT2D eigenvalue weighted by molar-refractivity contribution is -0.154. The van der Waals surface area contributed by atoms with E-state index in [9.17, 15) is 13.2 Å². The van der Waals surface area contributed by atoms with Crippen LogP contribution < -0.4 is 0 Å². The summed E-state index contributed by atoms with van der Waals surface area (Å²) in [6, 6.07) is 0. The Morgan fingerprint density at radius 1 is 1.28 bits per heavy atom. The van der Waals surface area contributed by atoms with E-state index in [0.29, 0.717) is 11.8 Å². The van der Waals surface area contributed by atoms with Gasteiger partial charge in [-0.15, -0.1) is 0 Å². The molecule has 2 rings (SSSR count). The molecule has 0 aromatic carbocycles. The predicted octanol–water partition coefficient (Wildman–Crippen LogP) is 1.84. The first-order valence-electron chi connectivity index (χ1n) is 6.46. The fraction of sp³-hybridized carbons (Fsp3) is 0.917. The molecule has 0 radical (unpaired) electrons. The van der Waals surface area contributed by atoms with E-state index in [2.05, 4.69) is 0 Å². The van der Waals surface area contributed by atoms with Crippen molar-refractivity contribution in [3.63, 3.8) is 0 Å². The third-order valence-corrected chi connectivity index (χ3v) is 5.34. The fourth-order valence-electron chi connectivity index (χ4n) is 3.28. The highest BCUT2D eigenvalue weighted by atomic mass is 32.2. The maximum absolute atomic E-state index is 12.0. The summed E-state index contributed by atoms with van der Waals surface area (Å²) in [4.78, 5) is 12.0. The van der Waals surface area contributed by atoms with Gasteiger partial charge in [0, 0.05) is 5.92 Å². The molecule has 4 unspecified atom stereocenters. The van der Waals surface area contributed by atoms with Crippen LogP contribution in [0.1, 0.15) is 39.5 Å². The van der Waals surface area contributed by atoms with Gasteiger partial charge >= 0.3 is 16.1 Å². The smallest absolute Gasteiger partial charge is 0.310 e. The quantitative estimate of drug-likeness (QED) is 0.626. The predicted molar refractivity (Wildman–Crippen MR) is 65.2 cm³/mol. The molecule has 0 heterocycles. The largest absolute Gasteiger partial charge is 0.443 e. The highest BCUT2D eigenvalue weighted by Crippen LogP contribution is 2.48. The minimum Gasteiger partial charge on any atom is -0.443 e. The zero-order valence-corrected chi connectivity index (χ0v) is 11.5. The van der Waals surface area contributed by atoms with Crippen molar-refractivity contribution in [1.29, 1.82) is 0 Å². The highest BCUT2D eigenvalue weighted by molar-refractivity contribution is 7.86. The molecule has 2 fully saturated rings. The van der Waals surface area contributed by atoms with Crippen LogP contribution in [0.2, 0.25) is 0 Å². The van der Waals surface area contributed by atoms with E-state index in [1.807, 2.05) is 0 Å². The number of esters is 1. The summed E-state index contributed by atoms with van der Waals surface area (Å²) in [5, 5.41) is 0. The Bertz CT molecular complexity index is 428. The third-order valence-electron chi connectivity index (χ3n) is 4.11. The number of ether oxygens (including phenoxy) is 1. The van der Waals surface area contributed by atoms with Gasteiger partial charge in [0.1, 0.15) is 0 Å². The molecule has 2 aliphatic carbocycles. The van der Waals surface area contributed by atoms with Gasteiger partial charge in [-0.2, -0.15) is 8.42 Å². The van der Waals surface area contributed by atoms with Crippen LogP contribution in [-0.2, 0) is 19.6 Å². The Kier molecular flexibility index (Phi) is 3.69. The molecule has 18 heavy (non-hydrogen) atoms. The van der Waals surface area contributed by atoms with Crippen molar-refractivity contribution in [2.24, 2.45) is 23.7 Å². The first kappa shape index (κ1) is 13.8. The van der Waals surface area contributed by atoms with E-state index in [4.69, 9.17) is 9.29 Å². The number of rotatable bonds is 4. The second-order valence-corrected chi connectivity index (χ2v) is 7.34. The fourth-order valence-corrected chi connectivity index (χ4v) is 4.18. The number of hydrogen-bond acceptors (Lipinski definition) is 4. The summed E-state index contributed by atoms with van der Waals surface area (Å²) in [6.45, 7) is 3.21. The van der Waals surface area contributed by atoms with Gasteiger partial charge in [-0.25, -0.2) is 0 Å². The zero-order chi connectivity index (χ0) is 13.5. The number of carbonyl (C=O) groups excluding carboxylic acids is 1. The molecule has 2 aliphatic rings. The van der Waals surface area contributed by atoms with Crippen LogP contribution >= 0.6 is 0 Å². The lowest BCUT2D eigenvalue weighted by Crippen LogP contribution is -2.35. The number of carbonyl (C=O) groups is 1. The van der Waals surface area contributed by atoms with Crippen LogP contribution in [-0.4, -0.2) is 24.4 Å². The monoisotopic (exact) mass is 276 g/mol. The summed E-state index contributed by atoms with van der Waals surface area (Å²) in [5.41, 5.74) is -1.44. The van der Waals surface area contributed by atoms with Gasteiger partial charge in [0.25, 0.3) is 0 Å². The third kappa shape index (κ3) is 2.69. The first-order valence-corrected chi connectivity index (χ1v) is 7.96. The number of hydrogen-bond donors (Lipinski definition) is 1. The molecule has 2 bridgehead atoms. The van der Waals surface area contributed by atoms with Gasteiger partial charge < -0.3 is 4.74 Å². The van der Waals surface area contributed by atoms with Crippen LogP contribution in [0.3, 0.4) is 0 Å². The van der Waals surface area contributed by atoms with Crippen molar-refractivity contribution in [2.75, 3.05) is 0 Å². The molecule has 0 aromatic rings. The summed E-state index contributed by atoms with van der Waals surface area (Å²) < 4.78 is 36.4. The van der Waals surface area contributed by atoms with E-state index < -0.39 is 27.4 Å². The molecule has 4 atom stereocenters. The van der Waals surface area contributed by atoms with Crippen molar-refractivity contribution >= 4 is 16.1 Å². The van der Waals surface area contributed by atoms with Crippen molar-refractivity contribution in [1.82, 2.24) is 0 Å². The first-order chi connectivity index (χ1) is 8.29. The number of fused-ring (bicyclic) bond motifs is 2. The van der Waals surface area contributed by atoms with Gasteiger partial charge in [-0.3, -0.25) is 9.35 Å². The molecule has 0 aliphatic heterocycles. The Labute approximate surface area is 108 Å². The molecule has 0 spiro atoms. The van der Waals surface area contributed by atoms with Crippen molar-refractivity contribution in [3.05, 3.63) is 0 Å². The minimum atomic E-state index is -4.34. The molecule has 104 valence electrons. The normalized spacial score (nSPS) is 32.8. The Morgan fingerprint density at radius 3 is 2.33 bits per heavy atom. The summed E-state index contributed by atoms with van der Waals surface area (Å²) in [7, 11) is -4.34. The van der Waals surface area contributed by atoms with Crippen LogP contribution in [0.25, 0.3) is 0 Å². The molecular weight excluding hydrogens is 256 g/mol. The second-order valence-electron chi connectivity index (χ2n) is 5.85. The minimum absolute atomic E-state index is 0.174. The Morgan fingerprint density at radius 2 is 1.94 bits per heavy atom. The molecule has 2 saturated carbocycles. The van der Waals surface area contributed by atoms with Gasteiger partial charge in [0.15, 0.2) is 0 Å². The van der Waals surface area contributed by atoms with E-state index in [-0.39, 0.29) is 5.92 Å². The van der Waals surface area contributed by atoms with E-state index >= 15 is 0 Å². The standard InChI is InChI=1S/C12H20O5S/c1-7(2)12(18(14,15)16)17-11(13)10-6-8-3-4-9(10)5-8/h7-10,12H,3-6H2,1-2H3,(H,14,15,16). The lowest BCUT2D eigenvalue weighted by Gasteiger charge is -2.24. The van der Waals surface area contributed by atoms with Crippen molar-refractivity contribution < 1.29 is 22.5 Å². The zero-order valence-electron chi connectivity index (χ0n) is 10.7. The molecule has 6 heteroatoms. The van der Waals surface area contributed by atoms with Gasteiger partial charge in [-0.1, -0.05) is 20.3 Å². The maximum atomic E-state index is 12.0. The highest BCUT2D eigenvalue weighted by Gasteiger charge is 2.45. The van der Waals surface area contributed by atoms with Crippen LogP contribution in [0, 0.1) is 23.7 Å². The molecule has 0 amide bonds. The van der Waals surface area contributed by atoms with Crippen molar-refractivity contribution in [3.8, 4) is 0 Å². The lowest BCUT2D eigenvalue weighted by atomic mass is 9.89.